The first-order valence-corrected chi connectivity index (χ1v) is 12.4. The Kier molecular flexibility index (Phi) is 7.30. The van der Waals surface area contributed by atoms with Crippen molar-refractivity contribution in [2.75, 3.05) is 13.1 Å². The van der Waals surface area contributed by atoms with E-state index in [-0.39, 0.29) is 19.4 Å². The van der Waals surface area contributed by atoms with Crippen LogP contribution in [0, 0.1) is 5.92 Å². The molecule has 2 aromatic rings. The van der Waals surface area contributed by atoms with E-state index in [2.05, 4.69) is 22.2 Å². The third-order valence-electron chi connectivity index (χ3n) is 6.60. The minimum Gasteiger partial charge on any atom is -0.488 e. The molecule has 1 aromatic carbocycles. The second-order valence-electron chi connectivity index (χ2n) is 10.5. The molecule has 1 aromatic heterocycles. The number of nitrogens with one attached hydrogen (secondary N) is 2. The molecule has 38 heavy (non-hydrogen) atoms. The Hall–Kier alpha value is -4.15. The number of amides is 3. The quantitative estimate of drug-likeness (QED) is 0.446. The number of nitrogens with zero attached hydrogens (tertiary/aromatic N) is 2. The maximum atomic E-state index is 13.3. The number of carbonyl (C=O) groups is 4. The smallest absolute Gasteiger partial charge is 0.408 e. The first-order chi connectivity index (χ1) is 17.9. The van der Waals surface area contributed by atoms with Crippen LogP contribution in [-0.4, -0.2) is 75.2 Å². The van der Waals surface area contributed by atoms with Gasteiger partial charge in [0.1, 0.15) is 35.6 Å². The van der Waals surface area contributed by atoms with Gasteiger partial charge in [-0.3, -0.25) is 14.6 Å². The Labute approximate surface area is 220 Å². The van der Waals surface area contributed by atoms with Crippen LogP contribution in [0.5, 0.6) is 5.75 Å². The van der Waals surface area contributed by atoms with Gasteiger partial charge in [0.2, 0.25) is 11.8 Å². The van der Waals surface area contributed by atoms with E-state index < -0.39 is 59.6 Å². The van der Waals surface area contributed by atoms with E-state index in [1.54, 1.807) is 33.0 Å². The average molecular weight is 525 g/mol. The zero-order chi connectivity index (χ0) is 27.7. The number of rotatable bonds is 8. The fourth-order valence-corrected chi connectivity index (χ4v) is 4.64. The van der Waals surface area contributed by atoms with Crippen molar-refractivity contribution >= 4 is 34.8 Å². The van der Waals surface area contributed by atoms with Crippen LogP contribution in [0.4, 0.5) is 4.79 Å². The first-order valence-electron chi connectivity index (χ1n) is 12.4. The van der Waals surface area contributed by atoms with Gasteiger partial charge in [-0.1, -0.05) is 18.2 Å². The van der Waals surface area contributed by atoms with E-state index in [9.17, 15) is 24.3 Å². The highest BCUT2D eigenvalue weighted by Gasteiger charge is 2.61. The molecule has 2 aliphatic rings. The standard InChI is InChI=1S/C27H32N4O7/c1-5-16-13-27(16,24(34)35)30-23(33)20-12-17(37-21-10-11-28-19-9-7-6-8-18(19)21)15-31(20)22(32)14-29-25(36)38-26(2,3)4/h5-11,16-17,20H,1,12-15H2,2-4H3,(H,29,36)(H,30,33)(H,34,35)/t16?,17-,20+,27?/m1/s1. The number of aliphatic carboxylic acids is 1. The molecule has 2 heterocycles. The van der Waals surface area contributed by atoms with Crippen LogP contribution < -0.4 is 15.4 Å². The topological polar surface area (TPSA) is 147 Å². The molecule has 0 bridgehead atoms. The SMILES string of the molecule is C=CC1CC1(NC(=O)[C@@H]1C[C@@H](Oc2ccnc3ccccc23)CN1C(=O)CNC(=O)OC(C)(C)C)C(=O)O. The number of carboxylic acids is 1. The van der Waals surface area contributed by atoms with Crippen LogP contribution in [0.25, 0.3) is 10.9 Å². The van der Waals surface area contributed by atoms with Crippen molar-refractivity contribution in [3.63, 3.8) is 0 Å². The number of aromatic nitrogens is 1. The van der Waals surface area contributed by atoms with Gasteiger partial charge in [-0.25, -0.2) is 9.59 Å². The molecule has 3 N–H and O–H groups in total. The lowest BCUT2D eigenvalue weighted by Crippen LogP contribution is -2.54. The van der Waals surface area contributed by atoms with Crippen molar-refractivity contribution in [3.8, 4) is 5.75 Å². The van der Waals surface area contributed by atoms with Crippen LogP contribution in [0.15, 0.2) is 49.2 Å². The molecule has 2 unspecified atom stereocenters. The van der Waals surface area contributed by atoms with Gasteiger partial charge in [-0.05, 0) is 45.4 Å². The predicted molar refractivity (Wildman–Crippen MR) is 137 cm³/mol. The fraction of sp³-hybridized carbons (Fsp3) is 0.444. The van der Waals surface area contributed by atoms with Gasteiger partial charge in [0.05, 0.1) is 12.1 Å². The molecule has 11 nitrogen and oxygen atoms in total. The summed E-state index contributed by atoms with van der Waals surface area (Å²) in [6.45, 7) is 8.41. The number of hydrogen-bond donors (Lipinski definition) is 3. The molecule has 3 amide bonds. The molecule has 11 heteroatoms. The van der Waals surface area contributed by atoms with Gasteiger partial charge >= 0.3 is 12.1 Å². The van der Waals surface area contributed by atoms with Crippen molar-refractivity contribution in [3.05, 3.63) is 49.2 Å². The van der Waals surface area contributed by atoms with E-state index in [0.29, 0.717) is 5.75 Å². The molecule has 0 spiro atoms. The number of pyridine rings is 1. The summed E-state index contributed by atoms with van der Waals surface area (Å²) in [5.41, 5.74) is -1.45. The molecule has 1 aliphatic heterocycles. The second-order valence-corrected chi connectivity index (χ2v) is 10.5. The van der Waals surface area contributed by atoms with Gasteiger partial charge in [0.25, 0.3) is 0 Å². The van der Waals surface area contributed by atoms with Gasteiger partial charge in [0, 0.05) is 23.9 Å². The molecule has 4 atom stereocenters. The summed E-state index contributed by atoms with van der Waals surface area (Å²) in [6.07, 6.45) is 2.15. The maximum absolute atomic E-state index is 13.3. The molecular formula is C27H32N4O7. The van der Waals surface area contributed by atoms with E-state index in [1.165, 1.54) is 11.0 Å². The molecular weight excluding hydrogens is 492 g/mol. The summed E-state index contributed by atoms with van der Waals surface area (Å²) in [4.78, 5) is 56.1. The summed E-state index contributed by atoms with van der Waals surface area (Å²) in [7, 11) is 0. The molecule has 1 saturated carbocycles. The lowest BCUT2D eigenvalue weighted by Gasteiger charge is -2.26. The zero-order valence-corrected chi connectivity index (χ0v) is 21.6. The van der Waals surface area contributed by atoms with E-state index in [1.807, 2.05) is 24.3 Å². The highest BCUT2D eigenvalue weighted by Crippen LogP contribution is 2.45. The average Bonchev–Trinajstić information content (AvgIpc) is 3.41. The molecule has 1 saturated heterocycles. The summed E-state index contributed by atoms with van der Waals surface area (Å²) < 4.78 is 11.4. The van der Waals surface area contributed by atoms with Crippen molar-refractivity contribution < 1.29 is 33.8 Å². The molecule has 1 aliphatic carbocycles. The van der Waals surface area contributed by atoms with Gasteiger partial charge in [-0.2, -0.15) is 0 Å². The number of likely N-dealkylation sites (tertiary alicyclic amines) is 1. The monoisotopic (exact) mass is 524 g/mol. The number of ether oxygens (including phenoxy) is 2. The molecule has 2 fully saturated rings. The minimum absolute atomic E-state index is 0.0640. The lowest BCUT2D eigenvalue weighted by atomic mass is 10.1. The summed E-state index contributed by atoms with van der Waals surface area (Å²) in [5.74, 6) is -2.14. The molecule has 4 rings (SSSR count). The number of fused-ring (bicyclic) bond motifs is 1. The Bertz CT molecular complexity index is 1270. The summed E-state index contributed by atoms with van der Waals surface area (Å²) in [6, 6.07) is 8.15. The number of benzene rings is 1. The third-order valence-corrected chi connectivity index (χ3v) is 6.60. The lowest BCUT2D eigenvalue weighted by molar-refractivity contribution is -0.145. The van der Waals surface area contributed by atoms with Crippen LogP contribution in [0.3, 0.4) is 0 Å². The Balaban J connectivity index is 1.52. The highest BCUT2D eigenvalue weighted by atomic mass is 16.6. The highest BCUT2D eigenvalue weighted by molar-refractivity contribution is 5.95. The van der Waals surface area contributed by atoms with Gasteiger partial charge < -0.3 is 30.1 Å². The first kappa shape index (κ1) is 26.9. The van der Waals surface area contributed by atoms with Crippen molar-refractivity contribution in [2.45, 2.75) is 56.9 Å². The van der Waals surface area contributed by atoms with Crippen LogP contribution >= 0.6 is 0 Å². The van der Waals surface area contributed by atoms with Crippen molar-refractivity contribution in [1.29, 1.82) is 0 Å². The van der Waals surface area contributed by atoms with Gasteiger partial charge in [-0.15, -0.1) is 6.58 Å². The molecule has 0 radical (unpaired) electrons. The number of carbonyl (C=O) groups excluding carboxylic acids is 3. The molecule has 202 valence electrons. The second kappa shape index (κ2) is 10.3. The summed E-state index contributed by atoms with van der Waals surface area (Å²) >= 11 is 0. The van der Waals surface area contributed by atoms with E-state index in [0.717, 1.165) is 10.9 Å². The number of carboxylic acid groups (broad SMARTS) is 1. The largest absolute Gasteiger partial charge is 0.488 e. The Morgan fingerprint density at radius 3 is 2.63 bits per heavy atom. The number of hydrogen-bond acceptors (Lipinski definition) is 7. The Morgan fingerprint density at radius 1 is 1.24 bits per heavy atom. The minimum atomic E-state index is -1.44. The normalized spacial score (nSPS) is 24.4. The van der Waals surface area contributed by atoms with Crippen LogP contribution in [0.2, 0.25) is 0 Å². The van der Waals surface area contributed by atoms with Crippen LogP contribution in [0.1, 0.15) is 33.6 Å². The number of para-hydroxylation sites is 1. The number of alkyl carbamates (subject to hydrolysis) is 1. The maximum Gasteiger partial charge on any atom is 0.408 e. The third kappa shape index (κ3) is 5.71. The van der Waals surface area contributed by atoms with Gasteiger partial charge in [0.15, 0.2) is 0 Å². The predicted octanol–water partition coefficient (Wildman–Crippen LogP) is 2.25. The van der Waals surface area contributed by atoms with Crippen molar-refractivity contribution in [2.24, 2.45) is 5.92 Å². The Morgan fingerprint density at radius 2 is 1.97 bits per heavy atom. The fourth-order valence-electron chi connectivity index (χ4n) is 4.64. The van der Waals surface area contributed by atoms with Crippen LogP contribution in [-0.2, 0) is 19.1 Å². The van der Waals surface area contributed by atoms with E-state index >= 15 is 0 Å². The van der Waals surface area contributed by atoms with E-state index in [4.69, 9.17) is 9.47 Å². The summed E-state index contributed by atoms with van der Waals surface area (Å²) in [5, 5.41) is 15.5. The van der Waals surface area contributed by atoms with Crippen molar-refractivity contribution in [1.82, 2.24) is 20.5 Å². The zero-order valence-electron chi connectivity index (χ0n) is 21.6.